The predicted molar refractivity (Wildman–Crippen MR) is 164 cm³/mol. The number of carbonyl (C=O) groups excluding carboxylic acids is 3. The van der Waals surface area contributed by atoms with Crippen LogP contribution >= 0.6 is 0 Å². The third-order valence-corrected chi connectivity index (χ3v) is 7.83. The van der Waals surface area contributed by atoms with Crippen LogP contribution in [0.5, 0.6) is 0 Å². The van der Waals surface area contributed by atoms with Crippen molar-refractivity contribution < 1.29 is 24.0 Å². The van der Waals surface area contributed by atoms with E-state index in [1.807, 2.05) is 70.2 Å². The Labute approximate surface area is 252 Å². The molecule has 1 aromatic carbocycles. The number of hydrogen-bond acceptors (Lipinski definition) is 6. The molecule has 2 aliphatic rings. The van der Waals surface area contributed by atoms with E-state index < -0.39 is 18.1 Å². The molecule has 1 aromatic rings. The lowest BCUT2D eigenvalue weighted by atomic mass is 9.82. The Kier molecular flexibility index (Phi) is 14.5. The van der Waals surface area contributed by atoms with Gasteiger partial charge in [-0.1, -0.05) is 70.2 Å². The van der Waals surface area contributed by atoms with Crippen LogP contribution in [0.4, 0.5) is 0 Å². The summed E-state index contributed by atoms with van der Waals surface area (Å²) >= 11 is 0. The van der Waals surface area contributed by atoms with Crippen LogP contribution in [0.3, 0.4) is 0 Å². The summed E-state index contributed by atoms with van der Waals surface area (Å²) in [4.78, 5) is 46.6. The molecular formula is C33H52N4O5. The first-order valence-corrected chi connectivity index (χ1v) is 15.8. The van der Waals surface area contributed by atoms with Crippen molar-refractivity contribution in [2.45, 2.75) is 85.4 Å². The van der Waals surface area contributed by atoms with Gasteiger partial charge in [-0.15, -0.1) is 0 Å². The minimum Gasteiger partial charge on any atom is -0.350 e. The number of nitrogens with zero attached hydrogens (tertiary/aromatic N) is 1. The Morgan fingerprint density at radius 1 is 1.00 bits per heavy atom. The third-order valence-electron chi connectivity index (χ3n) is 7.83. The number of hydroxylamine groups is 1. The van der Waals surface area contributed by atoms with E-state index in [1.54, 1.807) is 0 Å². The number of hydrazine groups is 1. The lowest BCUT2D eigenvalue weighted by Crippen LogP contribution is -2.52. The van der Waals surface area contributed by atoms with Crippen molar-refractivity contribution in [1.29, 1.82) is 0 Å². The van der Waals surface area contributed by atoms with E-state index in [4.69, 9.17) is 9.57 Å². The van der Waals surface area contributed by atoms with Gasteiger partial charge in [-0.05, 0) is 74.9 Å². The number of carbonyl (C=O) groups is 3. The maximum Gasteiger partial charge on any atom is 0.247 e. The summed E-state index contributed by atoms with van der Waals surface area (Å²) in [6, 6.07) is 9.86. The lowest BCUT2D eigenvalue weighted by Gasteiger charge is -2.32. The Bertz CT molecular complexity index is 987. The van der Waals surface area contributed by atoms with Gasteiger partial charge in [0.05, 0.1) is 11.8 Å². The van der Waals surface area contributed by atoms with E-state index in [9.17, 15) is 14.4 Å². The number of rotatable bonds is 14. The molecule has 42 heavy (non-hydrogen) atoms. The highest BCUT2D eigenvalue weighted by atomic mass is 16.8. The van der Waals surface area contributed by atoms with Crippen LogP contribution < -0.4 is 16.2 Å². The fourth-order valence-electron chi connectivity index (χ4n) is 5.57. The van der Waals surface area contributed by atoms with Crippen LogP contribution in [-0.4, -0.2) is 55.3 Å². The number of benzene rings is 1. The first-order valence-electron chi connectivity index (χ1n) is 15.8. The average Bonchev–Trinajstić information content (AvgIpc) is 2.98. The number of amides is 3. The van der Waals surface area contributed by atoms with Crippen molar-refractivity contribution >= 4 is 23.8 Å². The SMILES string of the molecule is CC(C)C[C@@H](C(=O)NN(CC(C)C)C(=O)CC1CCNCC1)[C@H](C/C=C/c1ccccc1)C(=O)NOC1CCCCO1. The molecule has 9 heteroatoms. The van der Waals surface area contributed by atoms with Crippen molar-refractivity contribution in [3.8, 4) is 0 Å². The molecule has 3 rings (SSSR count). The zero-order chi connectivity index (χ0) is 30.3. The lowest BCUT2D eigenvalue weighted by molar-refractivity contribution is -0.203. The van der Waals surface area contributed by atoms with Gasteiger partial charge in [0, 0.05) is 26.0 Å². The second-order valence-electron chi connectivity index (χ2n) is 12.5. The molecule has 3 N–H and O–H groups in total. The number of allylic oxidation sites excluding steroid dienone is 1. The Morgan fingerprint density at radius 3 is 2.38 bits per heavy atom. The molecular weight excluding hydrogens is 532 g/mol. The maximum atomic E-state index is 14.0. The summed E-state index contributed by atoms with van der Waals surface area (Å²) in [5.41, 5.74) is 6.57. The summed E-state index contributed by atoms with van der Waals surface area (Å²) in [5, 5.41) is 4.83. The summed E-state index contributed by atoms with van der Waals surface area (Å²) in [5.74, 6) is -1.49. The Morgan fingerprint density at radius 2 is 1.74 bits per heavy atom. The Hall–Kier alpha value is -2.75. The first kappa shape index (κ1) is 33.7. The van der Waals surface area contributed by atoms with E-state index >= 15 is 0 Å². The molecule has 9 nitrogen and oxygen atoms in total. The molecule has 2 aliphatic heterocycles. The molecule has 3 amide bonds. The third kappa shape index (κ3) is 11.9. The van der Waals surface area contributed by atoms with Crippen molar-refractivity contribution in [3.63, 3.8) is 0 Å². The fraction of sp³-hybridized carbons (Fsp3) is 0.667. The zero-order valence-electron chi connectivity index (χ0n) is 26.0. The molecule has 2 heterocycles. The van der Waals surface area contributed by atoms with Crippen molar-refractivity contribution in [2.24, 2.45) is 29.6 Å². The van der Waals surface area contributed by atoms with Gasteiger partial charge in [-0.25, -0.2) is 10.3 Å². The average molecular weight is 585 g/mol. The summed E-state index contributed by atoms with van der Waals surface area (Å²) in [7, 11) is 0. The number of hydrogen-bond donors (Lipinski definition) is 3. The van der Waals surface area contributed by atoms with Gasteiger partial charge in [0.25, 0.3) is 0 Å². The van der Waals surface area contributed by atoms with E-state index in [2.05, 4.69) is 16.2 Å². The molecule has 0 aromatic heterocycles. The van der Waals surface area contributed by atoms with E-state index in [0.717, 1.165) is 44.3 Å². The molecule has 0 aliphatic carbocycles. The monoisotopic (exact) mass is 584 g/mol. The second-order valence-corrected chi connectivity index (χ2v) is 12.5. The van der Waals surface area contributed by atoms with E-state index in [1.165, 1.54) is 5.01 Å². The summed E-state index contributed by atoms with van der Waals surface area (Å²) < 4.78 is 5.62. The van der Waals surface area contributed by atoms with Crippen LogP contribution in [-0.2, 0) is 24.0 Å². The molecule has 1 unspecified atom stereocenters. The number of ether oxygens (including phenoxy) is 1. The van der Waals surface area contributed by atoms with Gasteiger partial charge < -0.3 is 10.1 Å². The van der Waals surface area contributed by atoms with E-state index in [-0.39, 0.29) is 29.6 Å². The van der Waals surface area contributed by atoms with Gasteiger partial charge in [0.15, 0.2) is 6.29 Å². The molecule has 0 radical (unpaired) electrons. The first-order chi connectivity index (χ1) is 20.2. The predicted octanol–water partition coefficient (Wildman–Crippen LogP) is 4.85. The highest BCUT2D eigenvalue weighted by molar-refractivity contribution is 5.89. The standard InChI is InChI=1S/C33H52N4O5/c1-24(2)21-29(32(39)35-37(23-25(3)4)30(38)22-27-16-18-34-19-17-27)28(14-10-13-26-11-6-5-7-12-26)33(40)36-42-31-15-8-9-20-41-31/h5-7,10-13,24-25,27-29,31,34H,8-9,14-23H2,1-4H3,(H,35,39)(H,36,40)/b13-10+/t28-,29+,31?/m0/s1. The molecule has 2 fully saturated rings. The quantitative estimate of drug-likeness (QED) is 0.270. The Balaban J connectivity index is 1.78. The molecule has 0 spiro atoms. The molecule has 2 saturated heterocycles. The van der Waals surface area contributed by atoms with Crippen LogP contribution in [0.15, 0.2) is 36.4 Å². The highest BCUT2D eigenvalue weighted by Crippen LogP contribution is 2.27. The van der Waals surface area contributed by atoms with Gasteiger partial charge in [-0.2, -0.15) is 0 Å². The van der Waals surface area contributed by atoms with Crippen LogP contribution in [0, 0.1) is 29.6 Å². The van der Waals surface area contributed by atoms with Crippen molar-refractivity contribution in [3.05, 3.63) is 42.0 Å². The van der Waals surface area contributed by atoms with Gasteiger partial charge in [0.2, 0.25) is 17.7 Å². The highest BCUT2D eigenvalue weighted by Gasteiger charge is 2.36. The van der Waals surface area contributed by atoms with Gasteiger partial charge >= 0.3 is 0 Å². The van der Waals surface area contributed by atoms with Crippen LogP contribution in [0.2, 0.25) is 0 Å². The van der Waals surface area contributed by atoms with Crippen molar-refractivity contribution in [2.75, 3.05) is 26.2 Å². The number of nitrogens with one attached hydrogen (secondary N) is 3. The fourth-order valence-corrected chi connectivity index (χ4v) is 5.57. The second kappa shape index (κ2) is 18.0. The van der Waals surface area contributed by atoms with Crippen LogP contribution in [0.1, 0.15) is 84.6 Å². The molecule has 0 saturated carbocycles. The maximum absolute atomic E-state index is 14.0. The van der Waals surface area contributed by atoms with Crippen molar-refractivity contribution in [1.82, 2.24) is 21.2 Å². The largest absolute Gasteiger partial charge is 0.350 e. The molecule has 3 atom stereocenters. The topological polar surface area (TPSA) is 109 Å². The minimum atomic E-state index is -0.698. The number of piperidine rings is 1. The molecule has 234 valence electrons. The van der Waals surface area contributed by atoms with Gasteiger partial charge in [-0.3, -0.25) is 24.8 Å². The van der Waals surface area contributed by atoms with Gasteiger partial charge in [0.1, 0.15) is 0 Å². The zero-order valence-corrected chi connectivity index (χ0v) is 26.0. The summed E-state index contributed by atoms with van der Waals surface area (Å²) in [6.45, 7) is 11.0. The summed E-state index contributed by atoms with van der Waals surface area (Å²) in [6.07, 6.45) is 9.19. The van der Waals surface area contributed by atoms with Crippen LogP contribution in [0.25, 0.3) is 6.08 Å². The molecule has 0 bridgehead atoms. The van der Waals surface area contributed by atoms with E-state index in [0.29, 0.717) is 44.8 Å². The smallest absolute Gasteiger partial charge is 0.247 e. The minimum absolute atomic E-state index is 0.0741. The normalized spacial score (nSPS) is 19.5.